The summed E-state index contributed by atoms with van der Waals surface area (Å²) in [6.45, 7) is -1.24. The zero-order chi connectivity index (χ0) is 5.91. The molecule has 4 heteroatoms. The zero-order valence-corrected chi connectivity index (χ0v) is 4.94. The largest absolute Gasteiger partial charge is 0.246 e. The highest BCUT2D eigenvalue weighted by atomic mass is 35.5. The Morgan fingerprint density at radius 2 is 2.00 bits per heavy atom. The van der Waals surface area contributed by atoms with E-state index in [1.54, 1.807) is 0 Å². The summed E-state index contributed by atoms with van der Waals surface area (Å²) < 4.78 is 23.0. The van der Waals surface area contributed by atoms with Crippen LogP contribution >= 0.6 is 23.2 Å². The second-order valence-corrected chi connectivity index (χ2v) is 2.07. The molecule has 0 saturated heterocycles. The van der Waals surface area contributed by atoms with Crippen LogP contribution in [0.2, 0.25) is 0 Å². The molecule has 0 rings (SSSR count). The van der Waals surface area contributed by atoms with Crippen LogP contribution in [0.15, 0.2) is 0 Å². The van der Waals surface area contributed by atoms with Crippen molar-refractivity contribution in [3.05, 3.63) is 0 Å². The van der Waals surface area contributed by atoms with Gasteiger partial charge in [-0.2, -0.15) is 0 Å². The van der Waals surface area contributed by atoms with Crippen molar-refractivity contribution in [2.75, 3.05) is 12.6 Å². The van der Waals surface area contributed by atoms with E-state index in [2.05, 4.69) is 0 Å². The van der Waals surface area contributed by atoms with Gasteiger partial charge >= 0.3 is 0 Å². The minimum atomic E-state index is -2.35. The van der Waals surface area contributed by atoms with Crippen molar-refractivity contribution < 1.29 is 8.78 Å². The summed E-state index contributed by atoms with van der Waals surface area (Å²) in [6, 6.07) is 0. The van der Waals surface area contributed by atoms with Gasteiger partial charge in [0.25, 0.3) is 0 Å². The molecular weight excluding hydrogens is 145 g/mol. The van der Waals surface area contributed by atoms with Gasteiger partial charge in [-0.3, -0.25) is 0 Å². The van der Waals surface area contributed by atoms with Gasteiger partial charge in [-0.05, 0) is 0 Å². The molecule has 0 fully saturated rings. The minimum absolute atomic E-state index is 0.509. The molecule has 0 spiro atoms. The van der Waals surface area contributed by atoms with Crippen LogP contribution in [0, 0.1) is 0 Å². The first kappa shape index (κ1) is 7.44. The average Bonchev–Trinajstić information content (AvgIpc) is 1.68. The van der Waals surface area contributed by atoms with Gasteiger partial charge in [0.05, 0.1) is 5.88 Å². The predicted molar refractivity (Wildman–Crippen MR) is 26.4 cm³/mol. The molecule has 0 aliphatic rings. The predicted octanol–water partition coefficient (Wildman–Crippen LogP) is 2.10. The van der Waals surface area contributed by atoms with Gasteiger partial charge in [-0.25, -0.2) is 8.78 Å². The van der Waals surface area contributed by atoms with E-state index in [4.69, 9.17) is 23.2 Å². The highest BCUT2D eigenvalue weighted by Gasteiger charge is 2.24. The van der Waals surface area contributed by atoms with Crippen LogP contribution in [-0.2, 0) is 0 Å². The maximum absolute atomic E-state index is 11.8. The maximum atomic E-state index is 11.8. The Morgan fingerprint density at radius 1 is 1.57 bits per heavy atom. The topological polar surface area (TPSA) is 0 Å². The molecule has 0 aromatic carbocycles. The lowest BCUT2D eigenvalue weighted by molar-refractivity contribution is 0.240. The molecule has 0 nitrogen and oxygen atoms in total. The van der Waals surface area contributed by atoms with E-state index in [-0.39, 0.29) is 0 Å². The number of rotatable bonds is 2. The van der Waals surface area contributed by atoms with E-state index < -0.39 is 17.7 Å². The van der Waals surface area contributed by atoms with Crippen molar-refractivity contribution >= 4 is 23.2 Å². The molecule has 0 heterocycles. The normalized spacial score (nSPS) is 18.9. The second-order valence-electron chi connectivity index (χ2n) is 1.12. The van der Waals surface area contributed by atoms with Crippen LogP contribution < -0.4 is 0 Å². The molecule has 1 unspecified atom stereocenters. The third-order valence-corrected chi connectivity index (χ3v) is 1.19. The van der Waals surface area contributed by atoms with Gasteiger partial charge in [0.15, 0.2) is 0 Å². The molecule has 0 amide bonds. The van der Waals surface area contributed by atoms with Crippen molar-refractivity contribution in [2.45, 2.75) is 5.13 Å². The van der Waals surface area contributed by atoms with Crippen molar-refractivity contribution in [1.82, 2.24) is 0 Å². The van der Waals surface area contributed by atoms with Gasteiger partial charge in [0.1, 0.15) is 6.67 Å². The van der Waals surface area contributed by atoms with E-state index in [1.165, 1.54) is 0 Å². The SMILES string of the molecule is FCC(F)(Cl)CCl. The van der Waals surface area contributed by atoms with E-state index in [9.17, 15) is 8.78 Å². The summed E-state index contributed by atoms with van der Waals surface area (Å²) in [5.41, 5.74) is 0. The molecule has 0 aromatic rings. The number of hydrogen-bond acceptors (Lipinski definition) is 0. The fourth-order valence-corrected chi connectivity index (χ4v) is 0.107. The van der Waals surface area contributed by atoms with Gasteiger partial charge in [0.2, 0.25) is 5.13 Å². The summed E-state index contributed by atoms with van der Waals surface area (Å²) in [7, 11) is 0. The summed E-state index contributed by atoms with van der Waals surface area (Å²) in [5.74, 6) is -0.509. The molecule has 0 saturated carbocycles. The summed E-state index contributed by atoms with van der Waals surface area (Å²) in [6.07, 6.45) is 0. The molecule has 44 valence electrons. The van der Waals surface area contributed by atoms with Crippen LogP contribution in [0.3, 0.4) is 0 Å². The lowest BCUT2D eigenvalue weighted by Gasteiger charge is -2.05. The number of hydrogen-bond donors (Lipinski definition) is 0. The molecule has 1 atom stereocenters. The van der Waals surface area contributed by atoms with E-state index >= 15 is 0 Å². The summed E-state index contributed by atoms with van der Waals surface area (Å²) in [4.78, 5) is 0. The molecule has 0 aliphatic carbocycles. The quantitative estimate of drug-likeness (QED) is 0.527. The lowest BCUT2D eigenvalue weighted by atomic mass is 10.5. The Bertz CT molecular complexity index is 48.9. The van der Waals surface area contributed by atoms with Gasteiger partial charge in [-0.1, -0.05) is 11.6 Å². The van der Waals surface area contributed by atoms with Crippen molar-refractivity contribution in [3.63, 3.8) is 0 Å². The minimum Gasteiger partial charge on any atom is -0.246 e. The molecule has 0 radical (unpaired) electrons. The fraction of sp³-hybridized carbons (Fsp3) is 1.00. The van der Waals surface area contributed by atoms with Gasteiger partial charge < -0.3 is 0 Å². The van der Waals surface area contributed by atoms with Gasteiger partial charge in [-0.15, -0.1) is 11.6 Å². The monoisotopic (exact) mass is 148 g/mol. The lowest BCUT2D eigenvalue weighted by Crippen LogP contribution is -2.18. The first-order valence-electron chi connectivity index (χ1n) is 1.62. The van der Waals surface area contributed by atoms with Crippen molar-refractivity contribution in [2.24, 2.45) is 0 Å². The zero-order valence-electron chi connectivity index (χ0n) is 3.43. The molecular formula is C3H4Cl2F2. The Kier molecular flexibility index (Phi) is 2.84. The Labute approximate surface area is 50.4 Å². The standard InChI is InChI=1S/C3H4Cl2F2/c4-1-3(5,7)2-6/h1-2H2. The van der Waals surface area contributed by atoms with Crippen molar-refractivity contribution in [1.29, 1.82) is 0 Å². The highest BCUT2D eigenvalue weighted by molar-refractivity contribution is 6.29. The van der Waals surface area contributed by atoms with E-state index in [0.717, 1.165) is 0 Å². The Balaban J connectivity index is 3.36. The van der Waals surface area contributed by atoms with Crippen molar-refractivity contribution in [3.8, 4) is 0 Å². The van der Waals surface area contributed by atoms with Crippen LogP contribution in [0.25, 0.3) is 0 Å². The van der Waals surface area contributed by atoms with Crippen LogP contribution in [0.4, 0.5) is 8.78 Å². The first-order chi connectivity index (χ1) is 3.12. The van der Waals surface area contributed by atoms with Gasteiger partial charge in [0, 0.05) is 0 Å². The average molecular weight is 149 g/mol. The number of halogens is 4. The Morgan fingerprint density at radius 3 is 2.00 bits per heavy atom. The Hall–Kier alpha value is 0.440. The fourth-order valence-electron chi connectivity index (χ4n) is 0.0357. The smallest absolute Gasteiger partial charge is 0.224 e. The molecule has 7 heavy (non-hydrogen) atoms. The van der Waals surface area contributed by atoms with Crippen LogP contribution in [0.5, 0.6) is 0 Å². The molecule has 0 aromatic heterocycles. The second kappa shape index (κ2) is 2.68. The van der Waals surface area contributed by atoms with E-state index in [1.807, 2.05) is 0 Å². The van der Waals surface area contributed by atoms with Crippen LogP contribution in [-0.4, -0.2) is 17.7 Å². The number of alkyl halides is 4. The molecule has 0 bridgehead atoms. The third-order valence-electron chi connectivity index (χ3n) is 0.391. The third kappa shape index (κ3) is 3.06. The first-order valence-corrected chi connectivity index (χ1v) is 2.53. The summed E-state index contributed by atoms with van der Waals surface area (Å²) in [5, 5.41) is -2.35. The van der Waals surface area contributed by atoms with Crippen LogP contribution in [0.1, 0.15) is 0 Å². The van der Waals surface area contributed by atoms with E-state index in [0.29, 0.717) is 0 Å². The summed E-state index contributed by atoms with van der Waals surface area (Å²) >= 11 is 9.58. The maximum Gasteiger partial charge on any atom is 0.224 e. The molecule has 0 aliphatic heterocycles. The highest BCUT2D eigenvalue weighted by Crippen LogP contribution is 2.18. The molecule has 0 N–H and O–H groups in total.